The zero-order chi connectivity index (χ0) is 15.6. The Labute approximate surface area is 124 Å². The van der Waals surface area contributed by atoms with Crippen LogP contribution in [-0.2, 0) is 10.0 Å². The van der Waals surface area contributed by atoms with E-state index in [4.69, 9.17) is 5.14 Å². The zero-order valence-corrected chi connectivity index (χ0v) is 12.7. The first-order valence-corrected chi connectivity index (χ1v) is 8.52. The molecule has 0 radical (unpaired) electrons. The molecule has 2 rings (SSSR count). The molecule has 7 heteroatoms. The van der Waals surface area contributed by atoms with E-state index in [-0.39, 0.29) is 22.4 Å². The number of halogens is 1. The van der Waals surface area contributed by atoms with Crippen molar-refractivity contribution >= 4 is 15.9 Å². The Hall–Kier alpha value is -1.47. The fourth-order valence-corrected chi connectivity index (χ4v) is 3.28. The van der Waals surface area contributed by atoms with Crippen molar-refractivity contribution in [2.24, 2.45) is 5.14 Å². The van der Waals surface area contributed by atoms with E-state index in [1.54, 1.807) is 4.90 Å². The molecule has 1 aromatic rings. The maximum Gasteiger partial charge on any atom is 0.254 e. The highest BCUT2D eigenvalue weighted by Gasteiger charge is 2.27. The second kappa shape index (κ2) is 6.11. The first-order chi connectivity index (χ1) is 9.82. The second-order valence-corrected chi connectivity index (χ2v) is 6.84. The number of nitrogens with two attached hydrogens (primary N) is 1. The molecule has 1 heterocycles. The molecule has 0 saturated carbocycles. The van der Waals surface area contributed by atoms with E-state index in [0.717, 1.165) is 43.9 Å². The van der Waals surface area contributed by atoms with Gasteiger partial charge in [0, 0.05) is 18.2 Å². The van der Waals surface area contributed by atoms with E-state index >= 15 is 0 Å². The summed E-state index contributed by atoms with van der Waals surface area (Å²) in [5.74, 6) is -1.12. The van der Waals surface area contributed by atoms with E-state index in [2.05, 4.69) is 0 Å². The van der Waals surface area contributed by atoms with E-state index < -0.39 is 15.8 Å². The molecule has 1 aliphatic heterocycles. The van der Waals surface area contributed by atoms with Crippen molar-refractivity contribution in [2.75, 3.05) is 6.54 Å². The fraction of sp³-hybridized carbons (Fsp3) is 0.500. The van der Waals surface area contributed by atoms with Gasteiger partial charge in [0.25, 0.3) is 5.91 Å². The number of hydrogen-bond acceptors (Lipinski definition) is 3. The normalized spacial score (nSPS) is 19.6. The number of piperidine rings is 1. The smallest absolute Gasteiger partial charge is 0.254 e. The number of nitrogens with zero attached hydrogens (tertiary/aromatic N) is 1. The van der Waals surface area contributed by atoms with Gasteiger partial charge in [-0.05, 0) is 43.9 Å². The third-order valence-electron chi connectivity index (χ3n) is 3.81. The summed E-state index contributed by atoms with van der Waals surface area (Å²) in [6.07, 6.45) is 3.70. The minimum absolute atomic E-state index is 0.0272. The number of primary sulfonamides is 1. The van der Waals surface area contributed by atoms with E-state index in [1.807, 2.05) is 6.92 Å². The number of rotatable bonds is 3. The summed E-state index contributed by atoms with van der Waals surface area (Å²) in [7, 11) is -4.04. The van der Waals surface area contributed by atoms with Gasteiger partial charge in [-0.3, -0.25) is 4.79 Å². The van der Waals surface area contributed by atoms with Crippen LogP contribution in [0.2, 0.25) is 0 Å². The Kier molecular flexibility index (Phi) is 4.63. The van der Waals surface area contributed by atoms with Crippen molar-refractivity contribution in [2.45, 2.75) is 43.5 Å². The van der Waals surface area contributed by atoms with Crippen LogP contribution in [0.1, 0.15) is 43.0 Å². The van der Waals surface area contributed by atoms with Crippen LogP contribution in [0, 0.1) is 5.82 Å². The highest BCUT2D eigenvalue weighted by molar-refractivity contribution is 7.89. The molecule has 1 fully saturated rings. The first kappa shape index (κ1) is 15.9. The predicted octanol–water partition coefficient (Wildman–Crippen LogP) is 1.88. The van der Waals surface area contributed by atoms with Gasteiger partial charge in [-0.15, -0.1) is 0 Å². The largest absolute Gasteiger partial charge is 0.336 e. The van der Waals surface area contributed by atoms with Crippen LogP contribution in [0.25, 0.3) is 0 Å². The number of amides is 1. The van der Waals surface area contributed by atoms with Crippen molar-refractivity contribution in [3.8, 4) is 0 Å². The molecule has 0 aromatic heterocycles. The molecule has 1 atom stereocenters. The minimum Gasteiger partial charge on any atom is -0.336 e. The van der Waals surface area contributed by atoms with Crippen molar-refractivity contribution in [1.82, 2.24) is 4.90 Å². The van der Waals surface area contributed by atoms with Gasteiger partial charge in [-0.2, -0.15) is 0 Å². The van der Waals surface area contributed by atoms with E-state index in [9.17, 15) is 17.6 Å². The molecule has 116 valence electrons. The quantitative estimate of drug-likeness (QED) is 0.925. The Morgan fingerprint density at radius 1 is 1.38 bits per heavy atom. The average molecular weight is 314 g/mol. The Morgan fingerprint density at radius 2 is 2.10 bits per heavy atom. The first-order valence-electron chi connectivity index (χ1n) is 6.97. The lowest BCUT2D eigenvalue weighted by molar-refractivity contribution is 0.0607. The standard InChI is InChI=1S/C14H19FN2O3S/c1-2-12-5-3-4-6-17(12)14(18)10-7-11(15)9-13(8-10)21(16,19)20/h7-9,12H,2-6H2,1H3,(H2,16,19,20). The topological polar surface area (TPSA) is 80.5 Å². The molecule has 2 N–H and O–H groups in total. The molecule has 0 spiro atoms. The Balaban J connectivity index is 2.37. The molecule has 1 aromatic carbocycles. The molecule has 1 aliphatic rings. The van der Waals surface area contributed by atoms with Gasteiger partial charge < -0.3 is 4.90 Å². The molecule has 1 unspecified atom stereocenters. The van der Waals surface area contributed by atoms with Gasteiger partial charge in [0.15, 0.2) is 0 Å². The zero-order valence-electron chi connectivity index (χ0n) is 11.9. The van der Waals surface area contributed by atoms with Crippen LogP contribution in [0.3, 0.4) is 0 Å². The maximum atomic E-state index is 13.6. The summed E-state index contributed by atoms with van der Waals surface area (Å²) in [6, 6.07) is 3.13. The Bertz CT molecular complexity index is 646. The average Bonchev–Trinajstić information content (AvgIpc) is 2.45. The second-order valence-electron chi connectivity index (χ2n) is 5.28. The lowest BCUT2D eigenvalue weighted by Gasteiger charge is -2.35. The van der Waals surface area contributed by atoms with E-state index in [0.29, 0.717) is 6.54 Å². The van der Waals surface area contributed by atoms with Gasteiger partial charge in [0.1, 0.15) is 5.82 Å². The summed E-state index contributed by atoms with van der Waals surface area (Å²) in [5, 5.41) is 5.01. The van der Waals surface area contributed by atoms with Crippen molar-refractivity contribution in [3.05, 3.63) is 29.6 Å². The van der Waals surface area contributed by atoms with Gasteiger partial charge >= 0.3 is 0 Å². The molecular formula is C14H19FN2O3S. The highest BCUT2D eigenvalue weighted by Crippen LogP contribution is 2.23. The van der Waals surface area contributed by atoms with Crippen molar-refractivity contribution < 1.29 is 17.6 Å². The van der Waals surface area contributed by atoms with E-state index in [1.165, 1.54) is 0 Å². The number of carbonyl (C=O) groups excluding carboxylic acids is 1. The van der Waals surface area contributed by atoms with Crippen LogP contribution in [0.5, 0.6) is 0 Å². The molecule has 5 nitrogen and oxygen atoms in total. The lowest BCUT2D eigenvalue weighted by atomic mass is 9.99. The molecular weight excluding hydrogens is 295 g/mol. The molecule has 1 amide bonds. The Morgan fingerprint density at radius 3 is 2.71 bits per heavy atom. The van der Waals surface area contributed by atoms with Gasteiger partial charge in [0.05, 0.1) is 4.90 Å². The van der Waals surface area contributed by atoms with Crippen LogP contribution in [0.4, 0.5) is 4.39 Å². The molecule has 0 bridgehead atoms. The minimum atomic E-state index is -4.04. The predicted molar refractivity (Wildman–Crippen MR) is 76.7 cm³/mol. The third-order valence-corrected chi connectivity index (χ3v) is 4.70. The van der Waals surface area contributed by atoms with Gasteiger partial charge in [-0.1, -0.05) is 6.92 Å². The highest BCUT2D eigenvalue weighted by atomic mass is 32.2. The summed E-state index contributed by atoms with van der Waals surface area (Å²) in [4.78, 5) is 13.8. The molecule has 21 heavy (non-hydrogen) atoms. The summed E-state index contributed by atoms with van der Waals surface area (Å²) < 4.78 is 36.3. The molecule has 0 aliphatic carbocycles. The van der Waals surface area contributed by atoms with Crippen LogP contribution in [0.15, 0.2) is 23.1 Å². The number of benzene rings is 1. The number of carbonyl (C=O) groups is 1. The SMILES string of the molecule is CCC1CCCCN1C(=O)c1cc(F)cc(S(N)(=O)=O)c1. The monoisotopic (exact) mass is 314 g/mol. The van der Waals surface area contributed by atoms with Crippen LogP contribution < -0.4 is 5.14 Å². The van der Waals surface area contributed by atoms with Gasteiger partial charge in [-0.25, -0.2) is 17.9 Å². The number of sulfonamides is 1. The lowest BCUT2D eigenvalue weighted by Crippen LogP contribution is -2.43. The van der Waals surface area contributed by atoms with Crippen LogP contribution >= 0.6 is 0 Å². The summed E-state index contributed by atoms with van der Waals surface area (Å²) >= 11 is 0. The number of hydrogen-bond donors (Lipinski definition) is 1. The van der Waals surface area contributed by atoms with Crippen molar-refractivity contribution in [1.29, 1.82) is 0 Å². The fourth-order valence-electron chi connectivity index (χ4n) is 2.71. The molecule has 1 saturated heterocycles. The third kappa shape index (κ3) is 3.59. The maximum absolute atomic E-state index is 13.6. The van der Waals surface area contributed by atoms with Crippen LogP contribution in [-0.4, -0.2) is 31.8 Å². The van der Waals surface area contributed by atoms with Crippen molar-refractivity contribution in [3.63, 3.8) is 0 Å². The summed E-state index contributed by atoms with van der Waals surface area (Å²) in [5.41, 5.74) is 0.0272. The summed E-state index contributed by atoms with van der Waals surface area (Å²) in [6.45, 7) is 2.61. The van der Waals surface area contributed by atoms with Gasteiger partial charge in [0.2, 0.25) is 10.0 Å². The number of likely N-dealkylation sites (tertiary alicyclic amines) is 1.